The number of nitrogens with zero attached hydrogens (tertiary/aromatic N) is 3. The first kappa shape index (κ1) is 23.1. The van der Waals surface area contributed by atoms with Crippen LogP contribution in [-0.2, 0) is 6.42 Å². The Labute approximate surface area is 217 Å². The van der Waals surface area contributed by atoms with E-state index in [2.05, 4.69) is 15.3 Å². The fourth-order valence-electron chi connectivity index (χ4n) is 4.77. The van der Waals surface area contributed by atoms with Crippen molar-refractivity contribution in [1.29, 1.82) is 0 Å². The van der Waals surface area contributed by atoms with Gasteiger partial charge in [-0.3, -0.25) is 0 Å². The number of aryl methyl sites for hydroxylation is 1. The molecule has 37 heavy (non-hydrogen) atoms. The van der Waals surface area contributed by atoms with Gasteiger partial charge in [-0.05, 0) is 54.3 Å². The van der Waals surface area contributed by atoms with Crippen LogP contribution in [0, 0.1) is 0 Å². The van der Waals surface area contributed by atoms with Crippen molar-refractivity contribution < 1.29 is 15.0 Å². The van der Waals surface area contributed by atoms with Crippen LogP contribution in [0.3, 0.4) is 0 Å². The fraction of sp³-hybridized carbons (Fsp3) is 0.138. The molecule has 6 rings (SSSR count). The smallest absolute Gasteiger partial charge is 0.355 e. The maximum Gasteiger partial charge on any atom is 0.355 e. The van der Waals surface area contributed by atoms with Crippen molar-refractivity contribution in [1.82, 2.24) is 9.97 Å². The van der Waals surface area contributed by atoms with Crippen molar-refractivity contribution in [3.63, 3.8) is 0 Å². The van der Waals surface area contributed by atoms with E-state index in [1.54, 1.807) is 0 Å². The number of benzene rings is 3. The number of aliphatic hydroxyl groups excluding tert-OH is 1. The van der Waals surface area contributed by atoms with E-state index in [1.807, 2.05) is 89.8 Å². The summed E-state index contributed by atoms with van der Waals surface area (Å²) in [6, 6.07) is 26.9. The predicted octanol–water partition coefficient (Wildman–Crippen LogP) is 5.86. The van der Waals surface area contributed by atoms with Crippen LogP contribution < -0.4 is 10.2 Å². The van der Waals surface area contributed by atoms with Crippen LogP contribution in [0.2, 0.25) is 0 Å². The second kappa shape index (κ2) is 9.65. The van der Waals surface area contributed by atoms with Gasteiger partial charge in [0, 0.05) is 23.4 Å². The Balaban J connectivity index is 1.32. The minimum atomic E-state index is -1.07. The Bertz CT molecular complexity index is 1570. The predicted molar refractivity (Wildman–Crippen MR) is 147 cm³/mol. The lowest BCUT2D eigenvalue weighted by Gasteiger charge is -2.35. The first-order chi connectivity index (χ1) is 18.1. The highest BCUT2D eigenvalue weighted by Gasteiger charge is 2.25. The van der Waals surface area contributed by atoms with Gasteiger partial charge in [0.05, 0.1) is 15.9 Å². The molecule has 0 radical (unpaired) electrons. The number of aliphatic hydroxyl groups is 1. The van der Waals surface area contributed by atoms with Crippen LogP contribution in [0.5, 0.6) is 0 Å². The number of carboxylic acid groups (broad SMARTS) is 1. The monoisotopic (exact) mass is 508 g/mol. The number of fused-ring (bicyclic) bond motifs is 2. The molecule has 1 atom stereocenters. The van der Waals surface area contributed by atoms with Crippen LogP contribution in [0.15, 0.2) is 84.9 Å². The largest absolute Gasteiger partial charge is 0.476 e. The highest BCUT2D eigenvalue weighted by atomic mass is 32.1. The Morgan fingerprint density at radius 2 is 1.76 bits per heavy atom. The number of hydrogen-bond donors (Lipinski definition) is 3. The van der Waals surface area contributed by atoms with Gasteiger partial charge in [0.2, 0.25) is 6.35 Å². The van der Waals surface area contributed by atoms with E-state index in [0.29, 0.717) is 22.9 Å². The van der Waals surface area contributed by atoms with Crippen LogP contribution >= 0.6 is 11.3 Å². The van der Waals surface area contributed by atoms with Crippen molar-refractivity contribution in [2.75, 3.05) is 16.8 Å². The molecule has 1 unspecified atom stereocenters. The number of para-hydroxylation sites is 1. The van der Waals surface area contributed by atoms with E-state index in [1.165, 1.54) is 11.3 Å². The lowest BCUT2D eigenvalue weighted by atomic mass is 9.97. The van der Waals surface area contributed by atoms with Crippen LogP contribution in [-0.4, -0.2) is 39.0 Å². The Morgan fingerprint density at radius 3 is 2.57 bits per heavy atom. The fourth-order valence-corrected chi connectivity index (χ4v) is 5.65. The first-order valence-electron chi connectivity index (χ1n) is 12.1. The zero-order valence-corrected chi connectivity index (χ0v) is 20.7. The molecule has 1 aliphatic heterocycles. The number of nitrogens with one attached hydrogen (secondary N) is 1. The maximum absolute atomic E-state index is 12.1. The van der Waals surface area contributed by atoms with Crippen molar-refractivity contribution in [3.05, 3.63) is 96.2 Å². The molecule has 3 aromatic carbocycles. The summed E-state index contributed by atoms with van der Waals surface area (Å²) in [5, 5.41) is 24.8. The van der Waals surface area contributed by atoms with E-state index in [0.717, 1.165) is 45.4 Å². The summed E-state index contributed by atoms with van der Waals surface area (Å²) in [6.07, 6.45) is 0.858. The molecule has 1 aliphatic rings. The van der Waals surface area contributed by atoms with Gasteiger partial charge in [-0.25, -0.2) is 14.8 Å². The van der Waals surface area contributed by atoms with E-state index in [4.69, 9.17) is 0 Å². The van der Waals surface area contributed by atoms with Crippen LogP contribution in [0.4, 0.5) is 10.8 Å². The van der Waals surface area contributed by atoms with Gasteiger partial charge in [-0.15, -0.1) is 0 Å². The average Bonchev–Trinajstić information content (AvgIpc) is 3.35. The SMILES string of the molecule is O=C(O)c1nc(-c2ccc3c(c2)N(C(O)Nc2nc4ccccc4s2)CCC3)ccc1-c1ccccc1. The number of aromatic carboxylic acids is 1. The summed E-state index contributed by atoms with van der Waals surface area (Å²) < 4.78 is 1.05. The van der Waals surface area contributed by atoms with Crippen molar-refractivity contribution in [3.8, 4) is 22.4 Å². The van der Waals surface area contributed by atoms with Gasteiger partial charge in [-0.1, -0.05) is 65.9 Å². The summed E-state index contributed by atoms with van der Waals surface area (Å²) in [6.45, 7) is 0.677. The van der Waals surface area contributed by atoms with Gasteiger partial charge in [-0.2, -0.15) is 0 Å². The number of thiazole rings is 1. The number of pyridine rings is 1. The molecule has 3 heterocycles. The second-order valence-corrected chi connectivity index (χ2v) is 9.94. The van der Waals surface area contributed by atoms with Gasteiger partial charge in [0.1, 0.15) is 0 Å². The van der Waals surface area contributed by atoms with E-state index in [-0.39, 0.29) is 5.69 Å². The molecule has 0 saturated carbocycles. The van der Waals surface area contributed by atoms with Crippen molar-refractivity contribution in [2.45, 2.75) is 19.2 Å². The zero-order chi connectivity index (χ0) is 25.4. The van der Waals surface area contributed by atoms with Crippen LogP contribution in [0.25, 0.3) is 32.6 Å². The molecule has 2 aromatic heterocycles. The normalized spacial score (nSPS) is 13.8. The molecular formula is C29H24N4O3S. The number of carboxylic acids is 1. The maximum atomic E-state index is 12.1. The summed E-state index contributed by atoms with van der Waals surface area (Å²) >= 11 is 1.50. The molecule has 7 nitrogen and oxygen atoms in total. The summed E-state index contributed by atoms with van der Waals surface area (Å²) in [7, 11) is 0. The highest BCUT2D eigenvalue weighted by molar-refractivity contribution is 7.22. The molecule has 0 aliphatic carbocycles. The lowest BCUT2D eigenvalue weighted by Crippen LogP contribution is -2.43. The lowest BCUT2D eigenvalue weighted by molar-refractivity contribution is 0.0691. The van der Waals surface area contributed by atoms with E-state index >= 15 is 0 Å². The van der Waals surface area contributed by atoms with E-state index in [9.17, 15) is 15.0 Å². The summed E-state index contributed by atoms with van der Waals surface area (Å²) in [5.41, 5.74) is 5.67. The molecule has 184 valence electrons. The minimum Gasteiger partial charge on any atom is -0.476 e. The van der Waals surface area contributed by atoms with E-state index < -0.39 is 12.3 Å². The molecule has 3 N–H and O–H groups in total. The standard InChI is InChI=1S/C29H24N4O3S/c34-27(35)26-21(18-7-2-1-3-8-18)14-15-22(30-26)20-13-12-19-9-6-16-33(24(19)17-20)29(36)32-28-31-23-10-4-5-11-25(23)37-28/h1-5,7-8,10-15,17,29,36H,6,9,16H2,(H,31,32)(H,34,35). The molecule has 0 fully saturated rings. The summed E-state index contributed by atoms with van der Waals surface area (Å²) in [4.78, 5) is 23.1. The molecule has 8 heteroatoms. The van der Waals surface area contributed by atoms with Crippen molar-refractivity contribution in [2.24, 2.45) is 0 Å². The number of anilines is 2. The Morgan fingerprint density at radius 1 is 0.946 bits per heavy atom. The van der Waals surface area contributed by atoms with Crippen molar-refractivity contribution >= 4 is 38.3 Å². The van der Waals surface area contributed by atoms with Gasteiger partial charge in [0.25, 0.3) is 0 Å². The first-order valence-corrected chi connectivity index (χ1v) is 12.9. The summed E-state index contributed by atoms with van der Waals surface area (Å²) in [5.74, 6) is -1.07. The zero-order valence-electron chi connectivity index (χ0n) is 19.8. The second-order valence-electron chi connectivity index (χ2n) is 8.91. The number of carbonyl (C=O) groups is 1. The number of hydrogen-bond acceptors (Lipinski definition) is 7. The molecule has 0 spiro atoms. The minimum absolute atomic E-state index is 0.0100. The Hall–Kier alpha value is -4.27. The third kappa shape index (κ3) is 4.52. The van der Waals surface area contributed by atoms with Crippen LogP contribution in [0.1, 0.15) is 22.5 Å². The molecular weight excluding hydrogens is 484 g/mol. The molecule has 0 amide bonds. The van der Waals surface area contributed by atoms with Gasteiger partial charge < -0.3 is 20.4 Å². The topological polar surface area (TPSA) is 98.6 Å². The average molecular weight is 509 g/mol. The molecule has 0 saturated heterocycles. The van der Waals surface area contributed by atoms with Gasteiger partial charge >= 0.3 is 5.97 Å². The third-order valence-corrected chi connectivity index (χ3v) is 7.53. The quantitative estimate of drug-likeness (QED) is 0.247. The third-order valence-electron chi connectivity index (χ3n) is 6.56. The number of aromatic nitrogens is 2. The molecule has 0 bridgehead atoms. The highest BCUT2D eigenvalue weighted by Crippen LogP contribution is 2.35. The van der Waals surface area contributed by atoms with Gasteiger partial charge in [0.15, 0.2) is 10.8 Å². The number of rotatable bonds is 6. The Kier molecular flexibility index (Phi) is 6.04. The molecule has 5 aromatic rings.